The molecule has 0 fully saturated rings. The molecule has 0 saturated carbocycles. The minimum absolute atomic E-state index is 0.0138. The first-order valence-electron chi connectivity index (χ1n) is 5.99. The van der Waals surface area contributed by atoms with E-state index in [2.05, 4.69) is 5.32 Å². The Kier molecular flexibility index (Phi) is 4.30. The predicted molar refractivity (Wildman–Crippen MR) is 70.8 cm³/mol. The third-order valence-corrected chi connectivity index (χ3v) is 2.75. The van der Waals surface area contributed by atoms with Crippen LogP contribution in [-0.4, -0.2) is 23.0 Å². The molecular weight excluding hydrogens is 252 g/mol. The minimum Gasteiger partial charge on any atom is -0.394 e. The quantitative estimate of drug-likeness (QED) is 0.809. The van der Waals surface area contributed by atoms with Crippen molar-refractivity contribution in [1.29, 1.82) is 0 Å². The lowest BCUT2D eigenvalue weighted by Gasteiger charge is -2.26. The van der Waals surface area contributed by atoms with Crippen LogP contribution in [0.25, 0.3) is 0 Å². The molecule has 0 amide bonds. The number of Topliss-reactive ketones (excluding diaryl/α,β-unsaturated/α-hetero) is 1. The largest absolute Gasteiger partial charge is 0.394 e. The number of alkyl halides is 2. The van der Waals surface area contributed by atoms with E-state index in [-0.39, 0.29) is 17.7 Å². The monoisotopic (exact) mass is 271 g/mol. The fourth-order valence-electron chi connectivity index (χ4n) is 1.72. The molecule has 2 N–H and O–H groups in total. The summed E-state index contributed by atoms with van der Waals surface area (Å²) >= 11 is 0. The zero-order chi connectivity index (χ0) is 14.8. The third kappa shape index (κ3) is 3.99. The van der Waals surface area contributed by atoms with Crippen LogP contribution in [0.1, 0.15) is 43.6 Å². The molecule has 0 aliphatic heterocycles. The highest BCUT2D eigenvalue weighted by molar-refractivity contribution is 5.96. The Morgan fingerprint density at radius 2 is 1.89 bits per heavy atom. The summed E-state index contributed by atoms with van der Waals surface area (Å²) in [5.41, 5.74) is -0.475. The number of rotatable bonds is 5. The van der Waals surface area contributed by atoms with Crippen molar-refractivity contribution < 1.29 is 18.7 Å². The van der Waals surface area contributed by atoms with Crippen LogP contribution in [0.3, 0.4) is 0 Å². The number of aliphatic hydroxyl groups is 1. The highest BCUT2D eigenvalue weighted by Crippen LogP contribution is 2.32. The van der Waals surface area contributed by atoms with Crippen molar-refractivity contribution in [3.05, 3.63) is 29.3 Å². The third-order valence-electron chi connectivity index (χ3n) is 2.75. The topological polar surface area (TPSA) is 49.3 Å². The number of nitrogens with one attached hydrogen (secondary N) is 1. The predicted octanol–water partition coefficient (Wildman–Crippen LogP) is 3.18. The first kappa shape index (κ1) is 15.6. The van der Waals surface area contributed by atoms with Gasteiger partial charge in [-0.3, -0.25) is 4.79 Å². The highest BCUT2D eigenvalue weighted by Gasteiger charge is 2.29. The van der Waals surface area contributed by atoms with Gasteiger partial charge in [0, 0.05) is 23.7 Å². The Labute approximate surface area is 111 Å². The van der Waals surface area contributed by atoms with Gasteiger partial charge in [-0.2, -0.15) is 0 Å². The van der Waals surface area contributed by atoms with Crippen molar-refractivity contribution in [2.24, 2.45) is 0 Å². The normalized spacial score (nSPS) is 12.4. The van der Waals surface area contributed by atoms with Crippen LogP contribution in [0, 0.1) is 0 Å². The Balaban J connectivity index is 3.23. The number of ketones is 1. The average molecular weight is 271 g/mol. The van der Waals surface area contributed by atoms with Crippen LogP contribution in [-0.2, 0) is 5.92 Å². The first-order valence-corrected chi connectivity index (χ1v) is 5.99. The summed E-state index contributed by atoms with van der Waals surface area (Å²) in [4.78, 5) is 11.4. The van der Waals surface area contributed by atoms with Gasteiger partial charge in [0.2, 0.25) is 0 Å². The molecule has 0 bridgehead atoms. The van der Waals surface area contributed by atoms with Gasteiger partial charge >= 0.3 is 0 Å². The number of carbonyl (C=O) groups is 1. The van der Waals surface area contributed by atoms with Crippen molar-refractivity contribution in [3.63, 3.8) is 0 Å². The lowest BCUT2D eigenvalue weighted by Crippen LogP contribution is -2.35. The maximum atomic E-state index is 13.5. The SMILES string of the molecule is CC(=O)c1ccc(NC(C)(C)CO)cc1C(C)(F)F. The fourth-order valence-corrected chi connectivity index (χ4v) is 1.72. The summed E-state index contributed by atoms with van der Waals surface area (Å²) in [6, 6.07) is 4.20. The van der Waals surface area contributed by atoms with Crippen LogP contribution in [0.15, 0.2) is 18.2 Å². The Hall–Kier alpha value is -1.49. The Bertz CT molecular complexity index is 479. The molecule has 106 valence electrons. The van der Waals surface area contributed by atoms with Crippen molar-refractivity contribution in [2.75, 3.05) is 11.9 Å². The fraction of sp³-hybridized carbons (Fsp3) is 0.500. The number of anilines is 1. The summed E-state index contributed by atoms with van der Waals surface area (Å²) in [6.07, 6.45) is 0. The molecule has 5 heteroatoms. The Morgan fingerprint density at radius 1 is 1.32 bits per heavy atom. The average Bonchev–Trinajstić information content (AvgIpc) is 2.27. The second-order valence-corrected chi connectivity index (χ2v) is 5.37. The van der Waals surface area contributed by atoms with Gasteiger partial charge in [0.1, 0.15) is 0 Å². The summed E-state index contributed by atoms with van der Waals surface area (Å²) in [6.45, 7) is 5.37. The number of aliphatic hydroxyl groups excluding tert-OH is 1. The molecule has 0 spiro atoms. The van der Waals surface area contributed by atoms with E-state index in [1.165, 1.54) is 19.1 Å². The zero-order valence-electron chi connectivity index (χ0n) is 11.6. The standard InChI is InChI=1S/C14H19F2NO2/c1-9(19)11-6-5-10(17-13(2,3)8-18)7-12(11)14(4,15)16/h5-7,17-18H,8H2,1-4H3. The lowest BCUT2D eigenvalue weighted by molar-refractivity contribution is 0.0165. The summed E-state index contributed by atoms with van der Waals surface area (Å²) in [5.74, 6) is -3.49. The van der Waals surface area contributed by atoms with Gasteiger partial charge in [-0.1, -0.05) is 0 Å². The number of carbonyl (C=O) groups excluding carboxylic acids is 1. The zero-order valence-corrected chi connectivity index (χ0v) is 11.6. The molecule has 0 aliphatic carbocycles. The van der Waals surface area contributed by atoms with Crippen LogP contribution in [0.2, 0.25) is 0 Å². The molecule has 0 aromatic heterocycles. The van der Waals surface area contributed by atoms with Crippen molar-refractivity contribution in [2.45, 2.75) is 39.2 Å². The molecule has 0 unspecified atom stereocenters. The van der Waals surface area contributed by atoms with Crippen molar-refractivity contribution in [3.8, 4) is 0 Å². The van der Waals surface area contributed by atoms with E-state index in [0.717, 1.165) is 6.92 Å². The van der Waals surface area contributed by atoms with Gasteiger partial charge < -0.3 is 10.4 Å². The molecule has 0 heterocycles. The summed E-state index contributed by atoms with van der Waals surface area (Å²) in [5, 5.41) is 12.1. The minimum atomic E-state index is -3.10. The van der Waals surface area contributed by atoms with Gasteiger partial charge in [-0.15, -0.1) is 0 Å². The molecule has 1 aromatic carbocycles. The van der Waals surface area contributed by atoms with Gasteiger partial charge in [0.15, 0.2) is 5.78 Å². The summed E-state index contributed by atoms with van der Waals surface area (Å²) in [7, 11) is 0. The molecule has 19 heavy (non-hydrogen) atoms. The smallest absolute Gasteiger partial charge is 0.271 e. The van der Waals surface area contributed by atoms with E-state index in [1.54, 1.807) is 19.9 Å². The lowest BCUT2D eigenvalue weighted by atomic mass is 9.98. The maximum absolute atomic E-state index is 13.5. The van der Waals surface area contributed by atoms with Gasteiger partial charge in [-0.25, -0.2) is 8.78 Å². The van der Waals surface area contributed by atoms with Crippen LogP contribution in [0.4, 0.5) is 14.5 Å². The van der Waals surface area contributed by atoms with Crippen molar-refractivity contribution >= 4 is 11.5 Å². The molecule has 3 nitrogen and oxygen atoms in total. The maximum Gasteiger partial charge on any atom is 0.271 e. The van der Waals surface area contributed by atoms with E-state index in [9.17, 15) is 13.6 Å². The van der Waals surface area contributed by atoms with Gasteiger partial charge in [0.05, 0.1) is 12.1 Å². The number of benzene rings is 1. The van der Waals surface area contributed by atoms with Crippen LogP contribution < -0.4 is 5.32 Å². The van der Waals surface area contributed by atoms with E-state index in [4.69, 9.17) is 5.11 Å². The molecule has 1 aromatic rings. The first-order chi connectivity index (χ1) is 8.57. The van der Waals surface area contributed by atoms with E-state index >= 15 is 0 Å². The molecule has 0 atom stereocenters. The van der Waals surface area contributed by atoms with Crippen molar-refractivity contribution in [1.82, 2.24) is 0 Å². The molecule has 0 radical (unpaired) electrons. The Morgan fingerprint density at radius 3 is 2.32 bits per heavy atom. The van der Waals surface area contributed by atoms with E-state index in [1.807, 2.05) is 0 Å². The molecule has 0 saturated heterocycles. The number of hydrogen-bond donors (Lipinski definition) is 2. The van der Waals surface area contributed by atoms with Crippen LogP contribution in [0.5, 0.6) is 0 Å². The highest BCUT2D eigenvalue weighted by atomic mass is 19.3. The second-order valence-electron chi connectivity index (χ2n) is 5.37. The molecule has 1 rings (SSSR count). The number of halogens is 2. The van der Waals surface area contributed by atoms with Gasteiger partial charge in [0.25, 0.3) is 5.92 Å². The summed E-state index contributed by atoms with van der Waals surface area (Å²) < 4.78 is 27.1. The molecular formula is C14H19F2NO2. The van der Waals surface area contributed by atoms with Gasteiger partial charge in [-0.05, 0) is 39.0 Å². The number of hydrogen-bond acceptors (Lipinski definition) is 3. The van der Waals surface area contributed by atoms with E-state index < -0.39 is 17.2 Å². The second kappa shape index (κ2) is 5.25. The molecule has 0 aliphatic rings. The van der Waals surface area contributed by atoms with Crippen LogP contribution >= 0.6 is 0 Å². The van der Waals surface area contributed by atoms with E-state index in [0.29, 0.717) is 5.69 Å².